The molecule has 0 spiro atoms. The van der Waals surface area contributed by atoms with Gasteiger partial charge in [0, 0.05) is 13.0 Å². The van der Waals surface area contributed by atoms with Crippen molar-refractivity contribution in [3.05, 3.63) is 18.5 Å². The van der Waals surface area contributed by atoms with Crippen molar-refractivity contribution in [1.82, 2.24) is 15.0 Å². The van der Waals surface area contributed by atoms with Crippen LogP contribution in [0.2, 0.25) is 0 Å². The quantitative estimate of drug-likeness (QED) is 0.662. The maximum absolute atomic E-state index is 5.48. The zero-order chi connectivity index (χ0) is 9.68. The lowest BCUT2D eigenvalue weighted by molar-refractivity contribution is 0.907. The number of hydrogen-bond acceptors (Lipinski definition) is 5. The summed E-state index contributed by atoms with van der Waals surface area (Å²) in [6.07, 6.45) is 2.47. The molecule has 5 heteroatoms. The first kappa shape index (κ1) is 9.44. The largest absolute Gasteiger partial charge is 0.368 e. The molecular weight excluding hydrogens is 166 g/mol. The molecule has 0 aliphatic rings. The van der Waals surface area contributed by atoms with Crippen molar-refractivity contribution in [3.8, 4) is 0 Å². The Morgan fingerprint density at radius 1 is 1.46 bits per heavy atom. The lowest BCUT2D eigenvalue weighted by atomic mass is 10.4. The fraction of sp³-hybridized carbons (Fsp3) is 0.375. The van der Waals surface area contributed by atoms with Crippen molar-refractivity contribution < 1.29 is 0 Å². The first-order chi connectivity index (χ1) is 6.26. The molecule has 0 atom stereocenters. The van der Waals surface area contributed by atoms with E-state index in [9.17, 15) is 0 Å². The summed E-state index contributed by atoms with van der Waals surface area (Å²) in [5, 5.41) is 2.95. The van der Waals surface area contributed by atoms with E-state index < -0.39 is 0 Å². The lowest BCUT2D eigenvalue weighted by Crippen LogP contribution is -2.09. The second kappa shape index (κ2) is 4.39. The van der Waals surface area contributed by atoms with Gasteiger partial charge in [0.25, 0.3) is 0 Å². The van der Waals surface area contributed by atoms with Crippen LogP contribution in [0.1, 0.15) is 12.7 Å². The molecule has 1 heterocycles. The summed E-state index contributed by atoms with van der Waals surface area (Å²) >= 11 is 0. The molecule has 0 aromatic carbocycles. The molecular formula is C8H13N5. The van der Waals surface area contributed by atoms with Crippen LogP contribution in [0, 0.1) is 0 Å². The lowest BCUT2D eigenvalue weighted by Gasteiger charge is -2.03. The third-order valence-electron chi connectivity index (χ3n) is 1.42. The first-order valence-electron chi connectivity index (χ1n) is 4.11. The summed E-state index contributed by atoms with van der Waals surface area (Å²) in [5.74, 6) is 1.45. The Balaban J connectivity index is 2.81. The summed E-state index contributed by atoms with van der Waals surface area (Å²) in [4.78, 5) is 12.0. The number of nitrogen functional groups attached to an aromatic ring is 1. The predicted octanol–water partition coefficient (Wildman–Crippen LogP) is 0.614. The SMILES string of the molecule is C=CCNc1nc(N)nc(CC)n1. The fourth-order valence-corrected chi connectivity index (χ4v) is 0.839. The maximum Gasteiger partial charge on any atom is 0.227 e. The van der Waals surface area contributed by atoms with Crippen LogP contribution in [0.4, 0.5) is 11.9 Å². The summed E-state index contributed by atoms with van der Waals surface area (Å²) in [6, 6.07) is 0. The summed E-state index contributed by atoms with van der Waals surface area (Å²) in [6.45, 7) is 6.16. The molecule has 1 aromatic heterocycles. The normalized spacial score (nSPS) is 9.62. The van der Waals surface area contributed by atoms with Crippen molar-refractivity contribution >= 4 is 11.9 Å². The molecule has 0 aliphatic heterocycles. The van der Waals surface area contributed by atoms with Crippen molar-refractivity contribution in [1.29, 1.82) is 0 Å². The van der Waals surface area contributed by atoms with Gasteiger partial charge in [-0.05, 0) is 0 Å². The number of nitrogens with one attached hydrogen (secondary N) is 1. The molecule has 0 amide bonds. The van der Waals surface area contributed by atoms with Gasteiger partial charge < -0.3 is 11.1 Å². The molecule has 13 heavy (non-hydrogen) atoms. The number of nitrogens with zero attached hydrogens (tertiary/aromatic N) is 3. The Morgan fingerprint density at radius 3 is 2.85 bits per heavy atom. The van der Waals surface area contributed by atoms with E-state index in [1.807, 2.05) is 6.92 Å². The number of anilines is 2. The van der Waals surface area contributed by atoms with Crippen LogP contribution < -0.4 is 11.1 Å². The Hall–Kier alpha value is -1.65. The average molecular weight is 179 g/mol. The van der Waals surface area contributed by atoms with E-state index in [0.29, 0.717) is 18.3 Å². The number of aryl methyl sites for hydroxylation is 1. The molecule has 0 aliphatic carbocycles. The zero-order valence-corrected chi connectivity index (χ0v) is 7.62. The van der Waals surface area contributed by atoms with Gasteiger partial charge in [-0.15, -0.1) is 6.58 Å². The molecule has 5 nitrogen and oxygen atoms in total. The summed E-state index contributed by atoms with van der Waals surface area (Å²) in [7, 11) is 0. The van der Waals surface area contributed by atoms with Crippen molar-refractivity contribution in [2.45, 2.75) is 13.3 Å². The Labute approximate surface area is 77.1 Å². The molecule has 0 fully saturated rings. The highest BCUT2D eigenvalue weighted by Crippen LogP contribution is 2.02. The number of nitrogens with two attached hydrogens (primary N) is 1. The van der Waals surface area contributed by atoms with Crippen LogP contribution in [0.5, 0.6) is 0 Å². The second-order valence-electron chi connectivity index (χ2n) is 2.46. The predicted molar refractivity (Wildman–Crippen MR) is 52.3 cm³/mol. The Morgan fingerprint density at radius 2 is 2.23 bits per heavy atom. The topological polar surface area (TPSA) is 76.7 Å². The van der Waals surface area contributed by atoms with Crippen LogP contribution in [0.25, 0.3) is 0 Å². The van der Waals surface area contributed by atoms with Crippen LogP contribution in [0.3, 0.4) is 0 Å². The van der Waals surface area contributed by atoms with Gasteiger partial charge in [0.1, 0.15) is 5.82 Å². The van der Waals surface area contributed by atoms with Crippen molar-refractivity contribution in [3.63, 3.8) is 0 Å². The van der Waals surface area contributed by atoms with Gasteiger partial charge in [-0.25, -0.2) is 0 Å². The minimum Gasteiger partial charge on any atom is -0.368 e. The highest BCUT2D eigenvalue weighted by Gasteiger charge is 2.00. The molecule has 3 N–H and O–H groups in total. The number of rotatable bonds is 4. The van der Waals surface area contributed by atoms with E-state index in [1.54, 1.807) is 6.08 Å². The summed E-state index contributed by atoms with van der Waals surface area (Å²) < 4.78 is 0. The highest BCUT2D eigenvalue weighted by molar-refractivity contribution is 5.31. The number of hydrogen-bond donors (Lipinski definition) is 2. The van der Waals surface area contributed by atoms with Gasteiger partial charge in [-0.1, -0.05) is 13.0 Å². The third-order valence-corrected chi connectivity index (χ3v) is 1.42. The molecule has 0 bridgehead atoms. The number of aromatic nitrogens is 3. The van der Waals surface area contributed by atoms with E-state index in [2.05, 4.69) is 26.8 Å². The highest BCUT2D eigenvalue weighted by atomic mass is 15.2. The van der Waals surface area contributed by atoms with E-state index in [4.69, 9.17) is 5.73 Å². The minimum atomic E-state index is 0.249. The molecule has 0 saturated carbocycles. The van der Waals surface area contributed by atoms with Gasteiger partial charge in [-0.3, -0.25) is 0 Å². The fourth-order valence-electron chi connectivity index (χ4n) is 0.839. The van der Waals surface area contributed by atoms with E-state index in [-0.39, 0.29) is 5.95 Å². The van der Waals surface area contributed by atoms with Crippen LogP contribution in [0.15, 0.2) is 12.7 Å². The molecule has 0 saturated heterocycles. The van der Waals surface area contributed by atoms with Crippen LogP contribution >= 0.6 is 0 Å². The minimum absolute atomic E-state index is 0.249. The average Bonchev–Trinajstić information content (AvgIpc) is 2.14. The van der Waals surface area contributed by atoms with Crippen LogP contribution in [-0.2, 0) is 6.42 Å². The van der Waals surface area contributed by atoms with Gasteiger partial charge in [-0.2, -0.15) is 15.0 Å². The standard InChI is InChI=1S/C8H13N5/c1-3-5-10-8-12-6(4-2)11-7(9)13-8/h3H,1,4-5H2,2H3,(H3,9,10,11,12,13). The molecule has 0 radical (unpaired) electrons. The van der Waals surface area contributed by atoms with Gasteiger partial charge in [0.05, 0.1) is 0 Å². The monoisotopic (exact) mass is 179 g/mol. The molecule has 70 valence electrons. The van der Waals surface area contributed by atoms with Gasteiger partial charge >= 0.3 is 0 Å². The van der Waals surface area contributed by atoms with E-state index in [0.717, 1.165) is 6.42 Å². The Kier molecular flexibility index (Phi) is 3.19. The van der Waals surface area contributed by atoms with Crippen molar-refractivity contribution in [2.24, 2.45) is 0 Å². The van der Waals surface area contributed by atoms with Crippen LogP contribution in [-0.4, -0.2) is 21.5 Å². The smallest absolute Gasteiger partial charge is 0.227 e. The van der Waals surface area contributed by atoms with Gasteiger partial charge in [0.15, 0.2) is 0 Å². The second-order valence-corrected chi connectivity index (χ2v) is 2.46. The van der Waals surface area contributed by atoms with Gasteiger partial charge in [0.2, 0.25) is 11.9 Å². The zero-order valence-electron chi connectivity index (χ0n) is 7.62. The van der Waals surface area contributed by atoms with E-state index >= 15 is 0 Å². The summed E-state index contributed by atoms with van der Waals surface area (Å²) in [5.41, 5.74) is 5.48. The maximum atomic E-state index is 5.48. The third kappa shape index (κ3) is 2.70. The van der Waals surface area contributed by atoms with E-state index in [1.165, 1.54) is 0 Å². The first-order valence-corrected chi connectivity index (χ1v) is 4.11. The molecule has 1 rings (SSSR count). The Bertz CT molecular complexity index is 297. The van der Waals surface area contributed by atoms with Crippen molar-refractivity contribution in [2.75, 3.05) is 17.6 Å². The molecule has 0 unspecified atom stereocenters. The molecule has 1 aromatic rings.